The maximum absolute atomic E-state index is 5.84. The Bertz CT molecular complexity index is 481. The highest BCUT2D eigenvalue weighted by molar-refractivity contribution is 5.46. The van der Waals surface area contributed by atoms with E-state index in [9.17, 15) is 0 Å². The molecule has 0 aliphatic carbocycles. The van der Waals surface area contributed by atoms with E-state index in [4.69, 9.17) is 14.2 Å². The summed E-state index contributed by atoms with van der Waals surface area (Å²) in [5, 5.41) is 3.36. The van der Waals surface area contributed by atoms with Gasteiger partial charge in [-0.1, -0.05) is 19.9 Å². The van der Waals surface area contributed by atoms with Gasteiger partial charge in [0.1, 0.15) is 11.9 Å². The Morgan fingerprint density at radius 3 is 2.85 bits per heavy atom. The monoisotopic (exact) mass is 277 g/mol. The van der Waals surface area contributed by atoms with Crippen molar-refractivity contribution in [3.8, 4) is 5.75 Å². The summed E-state index contributed by atoms with van der Waals surface area (Å²) in [6.07, 6.45) is 0.0669. The number of likely N-dealkylation sites (N-methyl/N-ethyl adjacent to an activating group) is 1. The molecular formula is C16H23NO3. The standard InChI is InChI=1S/C16H23NO3/c1-16(2)10-20-13-5-4-11(8-12(13)16)15(17-3)14-9-18-6-7-19-14/h4-5,8,14-15,17H,6-7,9-10H2,1-3H3. The second-order valence-corrected chi connectivity index (χ2v) is 6.18. The second-order valence-electron chi connectivity index (χ2n) is 6.18. The van der Waals surface area contributed by atoms with Crippen LogP contribution in [0.2, 0.25) is 0 Å². The Morgan fingerprint density at radius 2 is 2.15 bits per heavy atom. The van der Waals surface area contributed by atoms with Gasteiger partial charge in [0, 0.05) is 11.0 Å². The van der Waals surface area contributed by atoms with Crippen LogP contribution in [0.1, 0.15) is 31.0 Å². The molecule has 4 heteroatoms. The van der Waals surface area contributed by atoms with Crippen molar-refractivity contribution in [1.29, 1.82) is 0 Å². The third-order valence-corrected chi connectivity index (χ3v) is 4.20. The van der Waals surface area contributed by atoms with E-state index in [-0.39, 0.29) is 17.6 Å². The van der Waals surface area contributed by atoms with Crippen LogP contribution in [-0.4, -0.2) is 39.6 Å². The van der Waals surface area contributed by atoms with Crippen molar-refractivity contribution in [2.45, 2.75) is 31.4 Å². The summed E-state index contributed by atoms with van der Waals surface area (Å²) in [6, 6.07) is 6.60. The minimum absolute atomic E-state index is 0.0669. The highest BCUT2D eigenvalue weighted by Crippen LogP contribution is 2.40. The summed E-state index contributed by atoms with van der Waals surface area (Å²) < 4.78 is 17.1. The molecule has 0 bridgehead atoms. The number of nitrogens with one attached hydrogen (secondary N) is 1. The van der Waals surface area contributed by atoms with E-state index in [1.807, 2.05) is 7.05 Å². The molecule has 1 N–H and O–H groups in total. The SMILES string of the molecule is CNC(c1ccc2c(c1)C(C)(C)CO2)C1COCCO1. The van der Waals surface area contributed by atoms with Crippen LogP contribution < -0.4 is 10.1 Å². The molecule has 110 valence electrons. The van der Waals surface area contributed by atoms with E-state index >= 15 is 0 Å². The molecule has 1 aromatic carbocycles. The smallest absolute Gasteiger partial charge is 0.123 e. The largest absolute Gasteiger partial charge is 0.492 e. The first-order valence-electron chi connectivity index (χ1n) is 7.26. The zero-order valence-electron chi connectivity index (χ0n) is 12.4. The van der Waals surface area contributed by atoms with Crippen molar-refractivity contribution < 1.29 is 14.2 Å². The number of hydrogen-bond acceptors (Lipinski definition) is 4. The Labute approximate surface area is 120 Å². The lowest BCUT2D eigenvalue weighted by Crippen LogP contribution is -2.39. The predicted molar refractivity (Wildman–Crippen MR) is 77.3 cm³/mol. The number of fused-ring (bicyclic) bond motifs is 1. The summed E-state index contributed by atoms with van der Waals surface area (Å²) in [4.78, 5) is 0. The van der Waals surface area contributed by atoms with Gasteiger partial charge in [-0.15, -0.1) is 0 Å². The van der Waals surface area contributed by atoms with E-state index in [1.54, 1.807) is 0 Å². The van der Waals surface area contributed by atoms with Crippen LogP contribution >= 0.6 is 0 Å². The maximum Gasteiger partial charge on any atom is 0.123 e. The van der Waals surface area contributed by atoms with Crippen LogP contribution in [0.4, 0.5) is 0 Å². The molecule has 2 atom stereocenters. The fourth-order valence-corrected chi connectivity index (χ4v) is 3.00. The van der Waals surface area contributed by atoms with E-state index in [0.717, 1.165) is 12.4 Å². The first-order chi connectivity index (χ1) is 9.62. The van der Waals surface area contributed by atoms with Gasteiger partial charge in [0.15, 0.2) is 0 Å². The van der Waals surface area contributed by atoms with Crippen LogP contribution in [0.15, 0.2) is 18.2 Å². The Hall–Kier alpha value is -1.10. The number of hydrogen-bond donors (Lipinski definition) is 1. The summed E-state index contributed by atoms with van der Waals surface area (Å²) in [6.45, 7) is 7.19. The first-order valence-corrected chi connectivity index (χ1v) is 7.26. The van der Waals surface area contributed by atoms with Crippen molar-refractivity contribution in [3.63, 3.8) is 0 Å². The number of ether oxygens (including phenoxy) is 3. The maximum atomic E-state index is 5.84. The molecule has 1 aromatic rings. The molecule has 0 aromatic heterocycles. The van der Waals surface area contributed by atoms with Crippen molar-refractivity contribution >= 4 is 0 Å². The third-order valence-electron chi connectivity index (χ3n) is 4.20. The van der Waals surface area contributed by atoms with Gasteiger partial charge in [-0.2, -0.15) is 0 Å². The van der Waals surface area contributed by atoms with Gasteiger partial charge in [0.2, 0.25) is 0 Å². The molecule has 0 radical (unpaired) electrons. The molecule has 2 aliphatic heterocycles. The molecular weight excluding hydrogens is 254 g/mol. The van der Waals surface area contributed by atoms with E-state index in [1.165, 1.54) is 11.1 Å². The molecule has 0 amide bonds. The Balaban J connectivity index is 1.89. The third kappa shape index (κ3) is 2.43. The van der Waals surface area contributed by atoms with Crippen LogP contribution in [0.3, 0.4) is 0 Å². The van der Waals surface area contributed by atoms with Gasteiger partial charge in [-0.3, -0.25) is 0 Å². The molecule has 1 saturated heterocycles. The topological polar surface area (TPSA) is 39.7 Å². The molecule has 0 saturated carbocycles. The lowest BCUT2D eigenvalue weighted by molar-refractivity contribution is -0.101. The van der Waals surface area contributed by atoms with Gasteiger partial charge < -0.3 is 19.5 Å². The van der Waals surface area contributed by atoms with E-state index in [2.05, 4.69) is 37.4 Å². The average Bonchev–Trinajstić information content (AvgIpc) is 2.77. The normalized spacial score (nSPS) is 25.9. The van der Waals surface area contributed by atoms with Crippen molar-refractivity contribution in [2.75, 3.05) is 33.5 Å². The van der Waals surface area contributed by atoms with Crippen LogP contribution in [0.25, 0.3) is 0 Å². The zero-order chi connectivity index (χ0) is 14.2. The molecule has 0 spiro atoms. The molecule has 4 nitrogen and oxygen atoms in total. The fraction of sp³-hybridized carbons (Fsp3) is 0.625. The predicted octanol–water partition coefficient (Wildman–Crippen LogP) is 2.03. The average molecular weight is 277 g/mol. The molecule has 3 rings (SSSR count). The first kappa shape index (κ1) is 13.9. The minimum atomic E-state index is 0.0669. The van der Waals surface area contributed by atoms with Gasteiger partial charge in [0.25, 0.3) is 0 Å². The summed E-state index contributed by atoms with van der Waals surface area (Å²) >= 11 is 0. The zero-order valence-corrected chi connectivity index (χ0v) is 12.4. The van der Waals surface area contributed by atoms with Crippen LogP contribution in [-0.2, 0) is 14.9 Å². The molecule has 2 unspecified atom stereocenters. The number of rotatable bonds is 3. The molecule has 20 heavy (non-hydrogen) atoms. The van der Waals surface area contributed by atoms with E-state index < -0.39 is 0 Å². The number of benzene rings is 1. The van der Waals surface area contributed by atoms with E-state index in [0.29, 0.717) is 19.8 Å². The minimum Gasteiger partial charge on any atom is -0.492 e. The van der Waals surface area contributed by atoms with Crippen LogP contribution in [0.5, 0.6) is 5.75 Å². The fourth-order valence-electron chi connectivity index (χ4n) is 3.00. The molecule has 2 aliphatic rings. The van der Waals surface area contributed by atoms with Crippen LogP contribution in [0, 0.1) is 0 Å². The lowest BCUT2D eigenvalue weighted by atomic mass is 9.85. The van der Waals surface area contributed by atoms with Gasteiger partial charge >= 0.3 is 0 Å². The Morgan fingerprint density at radius 1 is 1.30 bits per heavy atom. The summed E-state index contributed by atoms with van der Waals surface area (Å²) in [5.41, 5.74) is 2.60. The Kier molecular flexibility index (Phi) is 3.71. The van der Waals surface area contributed by atoms with Gasteiger partial charge in [-0.05, 0) is 24.7 Å². The molecule has 1 fully saturated rings. The van der Waals surface area contributed by atoms with Gasteiger partial charge in [0.05, 0.1) is 32.5 Å². The second kappa shape index (κ2) is 5.35. The highest BCUT2D eigenvalue weighted by Gasteiger charge is 2.33. The summed E-state index contributed by atoms with van der Waals surface area (Å²) in [7, 11) is 1.97. The summed E-state index contributed by atoms with van der Waals surface area (Å²) in [5.74, 6) is 1.01. The van der Waals surface area contributed by atoms with Crippen molar-refractivity contribution in [2.24, 2.45) is 0 Å². The van der Waals surface area contributed by atoms with Gasteiger partial charge in [-0.25, -0.2) is 0 Å². The highest BCUT2D eigenvalue weighted by atomic mass is 16.6. The van der Waals surface area contributed by atoms with Crippen molar-refractivity contribution in [3.05, 3.63) is 29.3 Å². The lowest BCUT2D eigenvalue weighted by Gasteiger charge is -2.31. The molecule has 2 heterocycles. The quantitative estimate of drug-likeness (QED) is 0.917. The van der Waals surface area contributed by atoms with Crippen molar-refractivity contribution in [1.82, 2.24) is 5.32 Å².